The summed E-state index contributed by atoms with van der Waals surface area (Å²) in [6.07, 6.45) is 4.95. The SMILES string of the molecule is C[C@H](NC(=O)c1c(N)nn2cccnc12)c1cc2cccc(-c3ccc(=O)n(C)c3)c2c(=O)n1-c1ccccc1. The largest absolute Gasteiger partial charge is 0.381 e. The second-order valence-electron chi connectivity index (χ2n) is 9.53. The summed E-state index contributed by atoms with van der Waals surface area (Å²) in [5, 5.41) is 8.37. The lowest BCUT2D eigenvalue weighted by Crippen LogP contribution is -2.32. The van der Waals surface area contributed by atoms with Gasteiger partial charge in [-0.3, -0.25) is 19.0 Å². The predicted molar refractivity (Wildman–Crippen MR) is 154 cm³/mol. The van der Waals surface area contributed by atoms with Crippen LogP contribution in [0.1, 0.15) is 29.0 Å². The van der Waals surface area contributed by atoms with Gasteiger partial charge in [0.15, 0.2) is 11.5 Å². The predicted octanol–water partition coefficient (Wildman–Crippen LogP) is 3.47. The van der Waals surface area contributed by atoms with Crippen LogP contribution in [0.25, 0.3) is 33.2 Å². The lowest BCUT2D eigenvalue weighted by molar-refractivity contribution is 0.0941. The summed E-state index contributed by atoms with van der Waals surface area (Å²) in [5.41, 5.74) is 8.87. The molecule has 0 unspecified atom stereocenters. The van der Waals surface area contributed by atoms with Crippen molar-refractivity contribution in [2.24, 2.45) is 7.05 Å². The molecule has 1 atom stereocenters. The highest BCUT2D eigenvalue weighted by Crippen LogP contribution is 2.29. The second-order valence-corrected chi connectivity index (χ2v) is 9.53. The van der Waals surface area contributed by atoms with Gasteiger partial charge in [-0.05, 0) is 53.8 Å². The van der Waals surface area contributed by atoms with Crippen LogP contribution in [0.3, 0.4) is 0 Å². The first-order valence-electron chi connectivity index (χ1n) is 12.6. The fourth-order valence-electron chi connectivity index (χ4n) is 5.00. The van der Waals surface area contributed by atoms with E-state index in [-0.39, 0.29) is 22.5 Å². The molecule has 198 valence electrons. The van der Waals surface area contributed by atoms with Crippen LogP contribution in [0.5, 0.6) is 0 Å². The number of hydrogen-bond acceptors (Lipinski definition) is 6. The van der Waals surface area contributed by atoms with Crippen molar-refractivity contribution in [2.45, 2.75) is 13.0 Å². The zero-order chi connectivity index (χ0) is 28.0. The summed E-state index contributed by atoms with van der Waals surface area (Å²) in [4.78, 5) is 44.0. The molecule has 6 aromatic rings. The minimum Gasteiger partial charge on any atom is -0.381 e. The lowest BCUT2D eigenvalue weighted by Gasteiger charge is -2.21. The van der Waals surface area contributed by atoms with Crippen LogP contribution in [-0.4, -0.2) is 29.6 Å². The highest BCUT2D eigenvalue weighted by molar-refractivity contribution is 6.04. The Morgan fingerprint density at radius 1 is 1.00 bits per heavy atom. The van der Waals surface area contributed by atoms with Crippen molar-refractivity contribution < 1.29 is 4.79 Å². The molecule has 3 N–H and O–H groups in total. The van der Waals surface area contributed by atoms with Crippen molar-refractivity contribution in [3.05, 3.63) is 123 Å². The molecule has 0 aliphatic carbocycles. The van der Waals surface area contributed by atoms with Crippen LogP contribution in [0.15, 0.2) is 101 Å². The number of pyridine rings is 2. The zero-order valence-corrected chi connectivity index (χ0v) is 21.8. The maximum Gasteiger partial charge on any atom is 0.263 e. The molecular formula is C30H25N7O3. The van der Waals surface area contributed by atoms with E-state index in [2.05, 4.69) is 15.4 Å². The Labute approximate surface area is 228 Å². The van der Waals surface area contributed by atoms with Gasteiger partial charge in [-0.25, -0.2) is 9.50 Å². The minimum absolute atomic E-state index is 0.0595. The minimum atomic E-state index is -0.593. The Bertz CT molecular complexity index is 2040. The van der Waals surface area contributed by atoms with E-state index in [1.54, 1.807) is 42.3 Å². The first kappa shape index (κ1) is 24.8. The summed E-state index contributed by atoms with van der Waals surface area (Å²) in [7, 11) is 1.67. The van der Waals surface area contributed by atoms with Gasteiger partial charge in [-0.1, -0.05) is 36.4 Å². The number of hydrogen-bond donors (Lipinski definition) is 2. The monoisotopic (exact) mass is 531 g/mol. The fraction of sp³-hybridized carbons (Fsp3) is 0.100. The topological polar surface area (TPSA) is 129 Å². The van der Waals surface area contributed by atoms with Crippen molar-refractivity contribution in [3.63, 3.8) is 0 Å². The smallest absolute Gasteiger partial charge is 0.263 e. The number of nitrogen functional groups attached to an aromatic ring is 1. The van der Waals surface area contributed by atoms with E-state index in [0.29, 0.717) is 33.4 Å². The Hall–Kier alpha value is -5.51. The van der Waals surface area contributed by atoms with Crippen molar-refractivity contribution in [2.75, 3.05) is 5.73 Å². The molecule has 1 amide bonds. The molecule has 0 aliphatic rings. The van der Waals surface area contributed by atoms with Gasteiger partial charge in [-0.15, -0.1) is 5.10 Å². The third-order valence-corrected chi connectivity index (χ3v) is 6.93. The van der Waals surface area contributed by atoms with Crippen molar-refractivity contribution >= 4 is 28.1 Å². The molecule has 6 rings (SSSR count). The van der Waals surface area contributed by atoms with E-state index in [1.807, 2.05) is 61.5 Å². The van der Waals surface area contributed by atoms with Gasteiger partial charge in [-0.2, -0.15) is 0 Å². The van der Waals surface area contributed by atoms with Gasteiger partial charge in [0.1, 0.15) is 5.56 Å². The van der Waals surface area contributed by atoms with Gasteiger partial charge in [0.2, 0.25) is 5.56 Å². The number of nitrogens with zero attached hydrogens (tertiary/aromatic N) is 5. The van der Waals surface area contributed by atoms with Crippen molar-refractivity contribution in [1.82, 2.24) is 29.0 Å². The van der Waals surface area contributed by atoms with E-state index in [1.165, 1.54) is 15.1 Å². The van der Waals surface area contributed by atoms with Crippen LogP contribution in [-0.2, 0) is 7.05 Å². The summed E-state index contributed by atoms with van der Waals surface area (Å²) in [5.74, 6) is -0.394. The summed E-state index contributed by atoms with van der Waals surface area (Å²) < 4.78 is 4.54. The summed E-state index contributed by atoms with van der Waals surface area (Å²) in [6, 6.07) is 21.1. The number of benzene rings is 2. The number of carbonyl (C=O) groups excluding carboxylic acids is 1. The Balaban J connectivity index is 1.52. The van der Waals surface area contributed by atoms with Crippen LogP contribution in [0.2, 0.25) is 0 Å². The molecular weight excluding hydrogens is 506 g/mol. The average molecular weight is 532 g/mol. The standard InChI is InChI=1S/C30H25N7O3/c1-18(33-29(39)26-27(31)34-36-15-7-14-32-28(26)36)23-16-19-8-6-11-22(20-12-13-24(38)35(2)17-20)25(19)30(40)37(23)21-9-4-3-5-10-21/h3-18H,1-2H3,(H2,31,34)(H,33,39)/t18-/m0/s1. The van der Waals surface area contributed by atoms with Crippen molar-refractivity contribution in [1.29, 1.82) is 0 Å². The molecule has 2 aromatic carbocycles. The number of carbonyl (C=O) groups is 1. The van der Waals surface area contributed by atoms with Crippen LogP contribution >= 0.6 is 0 Å². The first-order chi connectivity index (χ1) is 19.3. The van der Waals surface area contributed by atoms with E-state index in [9.17, 15) is 14.4 Å². The molecule has 0 radical (unpaired) electrons. The van der Waals surface area contributed by atoms with Crippen LogP contribution < -0.4 is 22.2 Å². The molecule has 10 nitrogen and oxygen atoms in total. The fourth-order valence-corrected chi connectivity index (χ4v) is 5.00. The average Bonchev–Trinajstić information content (AvgIpc) is 3.30. The molecule has 0 fully saturated rings. The number of nitrogens with one attached hydrogen (secondary N) is 1. The lowest BCUT2D eigenvalue weighted by atomic mass is 9.98. The van der Waals surface area contributed by atoms with Gasteiger partial charge >= 0.3 is 0 Å². The van der Waals surface area contributed by atoms with Gasteiger partial charge in [0, 0.05) is 43.1 Å². The number of nitrogens with two attached hydrogens (primary N) is 1. The van der Waals surface area contributed by atoms with Crippen molar-refractivity contribution in [3.8, 4) is 16.8 Å². The number of fused-ring (bicyclic) bond motifs is 2. The van der Waals surface area contributed by atoms with Gasteiger partial charge in [0.25, 0.3) is 11.5 Å². The number of aromatic nitrogens is 5. The Kier molecular flexibility index (Phi) is 5.99. The molecule has 0 bridgehead atoms. The maximum atomic E-state index is 14.3. The summed E-state index contributed by atoms with van der Waals surface area (Å²) in [6.45, 7) is 1.81. The molecule has 0 saturated carbocycles. The Morgan fingerprint density at radius 3 is 2.58 bits per heavy atom. The highest BCUT2D eigenvalue weighted by Gasteiger charge is 2.24. The number of rotatable bonds is 5. The third-order valence-electron chi connectivity index (χ3n) is 6.93. The molecule has 0 spiro atoms. The molecule has 4 heterocycles. The Morgan fingerprint density at radius 2 is 1.80 bits per heavy atom. The maximum absolute atomic E-state index is 14.3. The van der Waals surface area contributed by atoms with E-state index < -0.39 is 11.9 Å². The molecule has 10 heteroatoms. The molecule has 4 aromatic heterocycles. The van der Waals surface area contributed by atoms with Gasteiger partial charge < -0.3 is 15.6 Å². The zero-order valence-electron chi connectivity index (χ0n) is 21.8. The van der Waals surface area contributed by atoms with E-state index in [4.69, 9.17) is 5.73 Å². The third kappa shape index (κ3) is 4.11. The second kappa shape index (κ2) is 9.66. The van der Waals surface area contributed by atoms with Crippen LogP contribution in [0, 0.1) is 0 Å². The molecule has 0 aliphatic heterocycles. The van der Waals surface area contributed by atoms with E-state index in [0.717, 1.165) is 5.56 Å². The number of aryl methyl sites for hydroxylation is 1. The molecule has 0 saturated heterocycles. The molecule has 40 heavy (non-hydrogen) atoms. The number of anilines is 1. The van der Waals surface area contributed by atoms with Gasteiger partial charge in [0.05, 0.1) is 11.4 Å². The summed E-state index contributed by atoms with van der Waals surface area (Å²) >= 11 is 0. The quantitative estimate of drug-likeness (QED) is 0.351. The normalized spacial score (nSPS) is 12.1. The number of amides is 1. The number of para-hydroxylation sites is 1. The highest BCUT2D eigenvalue weighted by atomic mass is 16.2. The van der Waals surface area contributed by atoms with Crippen LogP contribution in [0.4, 0.5) is 5.82 Å². The first-order valence-corrected chi connectivity index (χ1v) is 12.6. The van der Waals surface area contributed by atoms with E-state index >= 15 is 0 Å².